The SMILES string of the molecule is COc1ccc(-c2cc3[nH]c4ccc(O)cc4c3c3c[nH]cc23)cc1. The van der Waals surface area contributed by atoms with Crippen molar-refractivity contribution in [1.29, 1.82) is 0 Å². The summed E-state index contributed by atoms with van der Waals surface area (Å²) in [6.45, 7) is 0. The summed E-state index contributed by atoms with van der Waals surface area (Å²) in [6, 6.07) is 15.7. The van der Waals surface area contributed by atoms with E-state index in [-0.39, 0.29) is 5.75 Å². The summed E-state index contributed by atoms with van der Waals surface area (Å²) in [5.74, 6) is 1.12. The van der Waals surface area contributed by atoms with E-state index in [2.05, 4.69) is 28.2 Å². The van der Waals surface area contributed by atoms with Gasteiger partial charge < -0.3 is 19.8 Å². The van der Waals surface area contributed by atoms with Crippen molar-refractivity contribution in [2.45, 2.75) is 0 Å². The van der Waals surface area contributed by atoms with Crippen LogP contribution >= 0.6 is 0 Å². The molecule has 2 heterocycles. The fraction of sp³-hybridized carbons (Fsp3) is 0.0476. The Morgan fingerprint density at radius 2 is 1.64 bits per heavy atom. The van der Waals surface area contributed by atoms with E-state index in [1.165, 1.54) is 0 Å². The molecule has 25 heavy (non-hydrogen) atoms. The van der Waals surface area contributed by atoms with E-state index in [1.807, 2.05) is 36.7 Å². The third-order valence-corrected chi connectivity index (χ3v) is 4.81. The summed E-state index contributed by atoms with van der Waals surface area (Å²) >= 11 is 0. The maximum Gasteiger partial charge on any atom is 0.118 e. The lowest BCUT2D eigenvalue weighted by atomic mass is 9.97. The lowest BCUT2D eigenvalue weighted by Crippen LogP contribution is -1.84. The van der Waals surface area contributed by atoms with Crippen LogP contribution < -0.4 is 4.74 Å². The molecule has 0 bridgehead atoms. The lowest BCUT2D eigenvalue weighted by Gasteiger charge is -2.07. The smallest absolute Gasteiger partial charge is 0.118 e. The summed E-state index contributed by atoms with van der Waals surface area (Å²) in [5, 5.41) is 14.3. The van der Waals surface area contributed by atoms with Crippen molar-refractivity contribution in [2.75, 3.05) is 7.11 Å². The fourth-order valence-corrected chi connectivity index (χ4v) is 3.62. The zero-order valence-corrected chi connectivity index (χ0v) is 13.6. The van der Waals surface area contributed by atoms with Gasteiger partial charge in [0.2, 0.25) is 0 Å². The Morgan fingerprint density at radius 1 is 0.840 bits per heavy atom. The van der Waals surface area contributed by atoms with Gasteiger partial charge in [-0.15, -0.1) is 0 Å². The normalized spacial score (nSPS) is 11.6. The first-order valence-electron chi connectivity index (χ1n) is 8.13. The first-order valence-corrected chi connectivity index (χ1v) is 8.13. The highest BCUT2D eigenvalue weighted by Gasteiger charge is 2.14. The number of methoxy groups -OCH3 is 1. The zero-order chi connectivity index (χ0) is 17.0. The molecule has 0 fully saturated rings. The van der Waals surface area contributed by atoms with Crippen molar-refractivity contribution in [3.8, 4) is 22.6 Å². The van der Waals surface area contributed by atoms with Crippen LogP contribution in [0.4, 0.5) is 0 Å². The summed E-state index contributed by atoms with van der Waals surface area (Å²) < 4.78 is 5.26. The minimum absolute atomic E-state index is 0.274. The minimum atomic E-state index is 0.274. The van der Waals surface area contributed by atoms with E-state index in [4.69, 9.17) is 4.74 Å². The summed E-state index contributed by atoms with van der Waals surface area (Å²) in [4.78, 5) is 6.70. The Hall–Kier alpha value is -3.40. The van der Waals surface area contributed by atoms with Crippen molar-refractivity contribution < 1.29 is 9.84 Å². The molecule has 0 atom stereocenters. The van der Waals surface area contributed by atoms with Crippen molar-refractivity contribution in [3.63, 3.8) is 0 Å². The van der Waals surface area contributed by atoms with Gasteiger partial charge in [-0.3, -0.25) is 0 Å². The molecule has 0 saturated carbocycles. The first-order chi connectivity index (χ1) is 12.2. The molecule has 2 aromatic heterocycles. The summed E-state index contributed by atoms with van der Waals surface area (Å²) in [5.41, 5.74) is 4.36. The predicted octanol–water partition coefficient (Wildman–Crippen LogP) is 5.18. The number of H-pyrrole nitrogens is 2. The third-order valence-electron chi connectivity index (χ3n) is 4.81. The maximum absolute atomic E-state index is 9.88. The number of aromatic amines is 2. The van der Waals surface area contributed by atoms with E-state index in [9.17, 15) is 5.11 Å². The van der Waals surface area contributed by atoms with Gasteiger partial charge >= 0.3 is 0 Å². The number of aromatic hydroxyl groups is 1. The molecule has 4 nitrogen and oxygen atoms in total. The van der Waals surface area contributed by atoms with Gasteiger partial charge in [-0.05, 0) is 47.5 Å². The number of phenolic OH excluding ortho intramolecular Hbond substituents is 1. The number of rotatable bonds is 2. The van der Waals surface area contributed by atoms with Gasteiger partial charge in [-0.2, -0.15) is 0 Å². The topological polar surface area (TPSA) is 61.0 Å². The second kappa shape index (κ2) is 5.05. The molecule has 3 aromatic carbocycles. The highest BCUT2D eigenvalue weighted by atomic mass is 16.5. The van der Waals surface area contributed by atoms with E-state index in [0.717, 1.165) is 49.5 Å². The highest BCUT2D eigenvalue weighted by molar-refractivity contribution is 6.23. The standard InChI is InChI=1S/C21H16N2O2/c1-25-14-5-2-12(3-6-14)15-9-20-21(18-11-22-10-17(15)18)16-8-13(24)4-7-19(16)23-20/h2-11,22-24H,1H3. The highest BCUT2D eigenvalue weighted by Crippen LogP contribution is 2.39. The Morgan fingerprint density at radius 3 is 2.44 bits per heavy atom. The number of phenols is 1. The average Bonchev–Trinajstić information content (AvgIpc) is 3.24. The first kappa shape index (κ1) is 14.0. The lowest BCUT2D eigenvalue weighted by molar-refractivity contribution is 0.415. The van der Waals surface area contributed by atoms with Crippen LogP contribution in [0.5, 0.6) is 11.5 Å². The van der Waals surface area contributed by atoms with E-state index >= 15 is 0 Å². The Balaban J connectivity index is 1.87. The largest absolute Gasteiger partial charge is 0.508 e. The van der Waals surface area contributed by atoms with Crippen LogP contribution in [0, 0.1) is 0 Å². The number of hydrogen-bond acceptors (Lipinski definition) is 2. The maximum atomic E-state index is 9.88. The molecule has 5 aromatic rings. The van der Waals surface area contributed by atoms with Crippen molar-refractivity contribution in [1.82, 2.24) is 9.97 Å². The van der Waals surface area contributed by atoms with Crippen LogP contribution in [-0.2, 0) is 0 Å². The van der Waals surface area contributed by atoms with Gasteiger partial charge in [0.05, 0.1) is 7.11 Å². The molecule has 0 aliphatic rings. The fourth-order valence-electron chi connectivity index (χ4n) is 3.62. The summed E-state index contributed by atoms with van der Waals surface area (Å²) in [6.07, 6.45) is 4.04. The second-order valence-corrected chi connectivity index (χ2v) is 6.21. The quantitative estimate of drug-likeness (QED) is 0.418. The predicted molar refractivity (Wildman–Crippen MR) is 101 cm³/mol. The van der Waals surface area contributed by atoms with Gasteiger partial charge in [0.1, 0.15) is 11.5 Å². The molecule has 5 rings (SSSR count). The number of fused-ring (bicyclic) bond motifs is 5. The van der Waals surface area contributed by atoms with Gasteiger partial charge in [-0.1, -0.05) is 12.1 Å². The molecule has 4 heteroatoms. The van der Waals surface area contributed by atoms with Crippen molar-refractivity contribution in [2.24, 2.45) is 0 Å². The molecule has 0 radical (unpaired) electrons. The molecule has 122 valence electrons. The minimum Gasteiger partial charge on any atom is -0.508 e. The molecule has 0 saturated heterocycles. The molecule has 0 amide bonds. The van der Waals surface area contributed by atoms with Crippen LogP contribution in [0.15, 0.2) is 60.9 Å². The molecule has 0 aliphatic heterocycles. The Bertz CT molecular complexity index is 1230. The molecule has 0 aliphatic carbocycles. The van der Waals surface area contributed by atoms with Crippen molar-refractivity contribution >= 4 is 32.6 Å². The van der Waals surface area contributed by atoms with Crippen LogP contribution in [0.3, 0.4) is 0 Å². The van der Waals surface area contributed by atoms with Gasteiger partial charge in [0.25, 0.3) is 0 Å². The molecule has 0 spiro atoms. The van der Waals surface area contributed by atoms with Crippen LogP contribution in [0.2, 0.25) is 0 Å². The third kappa shape index (κ3) is 2.01. The summed E-state index contributed by atoms with van der Waals surface area (Å²) in [7, 11) is 1.67. The van der Waals surface area contributed by atoms with Crippen molar-refractivity contribution in [3.05, 3.63) is 60.9 Å². The number of ether oxygens (including phenoxy) is 1. The zero-order valence-electron chi connectivity index (χ0n) is 13.6. The monoisotopic (exact) mass is 328 g/mol. The number of aromatic nitrogens is 2. The van der Waals surface area contributed by atoms with Crippen LogP contribution in [0.25, 0.3) is 43.7 Å². The molecular formula is C21H16N2O2. The molecule has 0 unspecified atom stereocenters. The average molecular weight is 328 g/mol. The van der Waals surface area contributed by atoms with E-state index in [0.29, 0.717) is 0 Å². The van der Waals surface area contributed by atoms with Gasteiger partial charge in [0.15, 0.2) is 0 Å². The molecule has 3 N–H and O–H groups in total. The second-order valence-electron chi connectivity index (χ2n) is 6.21. The van der Waals surface area contributed by atoms with E-state index < -0.39 is 0 Å². The van der Waals surface area contributed by atoms with Gasteiger partial charge in [-0.25, -0.2) is 0 Å². The van der Waals surface area contributed by atoms with Crippen LogP contribution in [0.1, 0.15) is 0 Å². The Kier molecular flexibility index (Phi) is 2.82. The molecular weight excluding hydrogens is 312 g/mol. The Labute approximate surface area is 143 Å². The number of nitrogens with one attached hydrogen (secondary N) is 2. The number of hydrogen-bond donors (Lipinski definition) is 3. The number of benzene rings is 3. The van der Waals surface area contributed by atoms with Crippen LogP contribution in [-0.4, -0.2) is 22.2 Å². The van der Waals surface area contributed by atoms with E-state index in [1.54, 1.807) is 13.2 Å². The van der Waals surface area contributed by atoms with Gasteiger partial charge in [0, 0.05) is 45.0 Å².